The van der Waals surface area contributed by atoms with Crippen LogP contribution in [0, 0.1) is 13.8 Å². The van der Waals surface area contributed by atoms with Gasteiger partial charge in [-0.25, -0.2) is 0 Å². The Morgan fingerprint density at radius 2 is 2.18 bits per heavy atom. The Kier molecular flexibility index (Phi) is 5.20. The lowest BCUT2D eigenvalue weighted by atomic mass is 10.1. The van der Waals surface area contributed by atoms with Gasteiger partial charge < -0.3 is 14.6 Å². The summed E-state index contributed by atoms with van der Waals surface area (Å²) in [4.78, 5) is 12.2. The van der Waals surface area contributed by atoms with E-state index in [0.29, 0.717) is 12.4 Å². The molecule has 0 saturated heterocycles. The van der Waals surface area contributed by atoms with Crippen molar-refractivity contribution in [3.8, 4) is 5.75 Å². The zero-order chi connectivity index (χ0) is 16.1. The molecule has 118 valence electrons. The van der Waals surface area contributed by atoms with Crippen molar-refractivity contribution in [2.24, 2.45) is 0 Å². The zero-order valence-corrected chi connectivity index (χ0v) is 13.5. The molecular weight excluding hydrogens is 280 g/mol. The maximum Gasteiger partial charge on any atom is 0.225 e. The fourth-order valence-electron chi connectivity index (χ4n) is 2.33. The first-order valence-electron chi connectivity index (χ1n) is 7.45. The smallest absolute Gasteiger partial charge is 0.225 e. The van der Waals surface area contributed by atoms with Crippen LogP contribution in [0.2, 0.25) is 0 Å². The van der Waals surface area contributed by atoms with Crippen LogP contribution in [0.25, 0.3) is 0 Å². The topological polar surface area (TPSA) is 64.4 Å². The Balaban J connectivity index is 2.00. The van der Waals surface area contributed by atoms with Crippen LogP contribution in [0.4, 0.5) is 0 Å². The van der Waals surface area contributed by atoms with Gasteiger partial charge in [-0.1, -0.05) is 17.3 Å². The van der Waals surface area contributed by atoms with Crippen LogP contribution in [-0.4, -0.2) is 17.7 Å². The number of nitrogens with one attached hydrogen (secondary N) is 1. The third-order valence-corrected chi connectivity index (χ3v) is 3.57. The minimum atomic E-state index is -0.0895. The van der Waals surface area contributed by atoms with Crippen LogP contribution >= 0.6 is 0 Å². The van der Waals surface area contributed by atoms with Gasteiger partial charge in [0.1, 0.15) is 11.5 Å². The van der Waals surface area contributed by atoms with Crippen LogP contribution < -0.4 is 10.1 Å². The molecule has 2 rings (SSSR count). The van der Waals surface area contributed by atoms with Crippen molar-refractivity contribution in [1.82, 2.24) is 10.5 Å². The molecule has 0 aliphatic heterocycles. The van der Waals surface area contributed by atoms with Gasteiger partial charge in [-0.05, 0) is 45.4 Å². The SMILES string of the molecule is CCOc1cccc(C(C)NC(=O)Cc2c(C)noc2C)c1. The first kappa shape index (κ1) is 16.1. The van der Waals surface area contributed by atoms with Gasteiger partial charge in [0.25, 0.3) is 0 Å². The molecule has 1 aromatic heterocycles. The Bertz CT molecular complexity index is 630. The molecule has 1 heterocycles. The molecule has 0 aliphatic carbocycles. The van der Waals surface area contributed by atoms with Crippen molar-refractivity contribution in [2.45, 2.75) is 40.2 Å². The second-order valence-electron chi connectivity index (χ2n) is 5.27. The van der Waals surface area contributed by atoms with Crippen molar-refractivity contribution >= 4 is 5.91 Å². The predicted octanol–water partition coefficient (Wildman–Crippen LogP) is 3.11. The van der Waals surface area contributed by atoms with Crippen molar-refractivity contribution < 1.29 is 14.1 Å². The number of rotatable bonds is 6. The number of aromatic nitrogens is 1. The van der Waals surface area contributed by atoms with Crippen LogP contribution in [0.3, 0.4) is 0 Å². The molecule has 1 amide bonds. The van der Waals surface area contributed by atoms with Crippen LogP contribution in [0.5, 0.6) is 5.75 Å². The Morgan fingerprint density at radius 3 is 2.82 bits per heavy atom. The fourth-order valence-corrected chi connectivity index (χ4v) is 2.33. The third kappa shape index (κ3) is 3.87. The highest BCUT2D eigenvalue weighted by molar-refractivity contribution is 5.79. The standard InChI is InChI=1S/C17H22N2O3/c1-5-21-15-8-6-7-14(9-15)11(2)18-17(20)10-16-12(3)19-22-13(16)4/h6-9,11H,5,10H2,1-4H3,(H,18,20). The van der Waals surface area contributed by atoms with E-state index in [2.05, 4.69) is 10.5 Å². The number of hydrogen-bond donors (Lipinski definition) is 1. The fraction of sp³-hybridized carbons (Fsp3) is 0.412. The number of amides is 1. The van der Waals surface area contributed by atoms with Crippen molar-refractivity contribution in [3.05, 3.63) is 46.8 Å². The van der Waals surface area contributed by atoms with Gasteiger partial charge in [-0.15, -0.1) is 0 Å². The minimum Gasteiger partial charge on any atom is -0.494 e. The molecular formula is C17H22N2O3. The molecule has 0 aliphatic rings. The van der Waals surface area contributed by atoms with E-state index in [4.69, 9.17) is 9.26 Å². The lowest BCUT2D eigenvalue weighted by molar-refractivity contribution is -0.121. The molecule has 0 bridgehead atoms. The molecule has 0 fully saturated rings. The summed E-state index contributed by atoms with van der Waals surface area (Å²) >= 11 is 0. The highest BCUT2D eigenvalue weighted by Gasteiger charge is 2.16. The first-order chi connectivity index (χ1) is 10.5. The number of carbonyl (C=O) groups is 1. The molecule has 0 spiro atoms. The molecule has 22 heavy (non-hydrogen) atoms. The minimum absolute atomic E-state index is 0.0521. The van der Waals surface area contributed by atoms with Gasteiger partial charge in [0.2, 0.25) is 5.91 Å². The van der Waals surface area contributed by atoms with Crippen LogP contribution in [0.15, 0.2) is 28.8 Å². The van der Waals surface area contributed by atoms with E-state index in [0.717, 1.165) is 22.6 Å². The van der Waals surface area contributed by atoms with Gasteiger partial charge in [0.05, 0.1) is 24.8 Å². The van der Waals surface area contributed by atoms with Gasteiger partial charge >= 0.3 is 0 Å². The number of ether oxygens (including phenoxy) is 1. The second-order valence-corrected chi connectivity index (χ2v) is 5.27. The summed E-state index contributed by atoms with van der Waals surface area (Å²) in [5.74, 6) is 1.45. The Labute approximate surface area is 130 Å². The van der Waals surface area contributed by atoms with Gasteiger partial charge in [0, 0.05) is 5.56 Å². The summed E-state index contributed by atoms with van der Waals surface area (Å²) in [5.41, 5.74) is 2.63. The molecule has 1 aromatic carbocycles. The summed E-state index contributed by atoms with van der Waals surface area (Å²) in [7, 11) is 0. The second kappa shape index (κ2) is 7.11. The van der Waals surface area contributed by atoms with E-state index >= 15 is 0 Å². The van der Waals surface area contributed by atoms with E-state index in [1.54, 1.807) is 0 Å². The van der Waals surface area contributed by atoms with E-state index in [-0.39, 0.29) is 18.4 Å². The highest BCUT2D eigenvalue weighted by Crippen LogP contribution is 2.20. The molecule has 0 radical (unpaired) electrons. The molecule has 1 atom stereocenters. The van der Waals surface area contributed by atoms with Gasteiger partial charge in [0.15, 0.2) is 0 Å². The summed E-state index contributed by atoms with van der Waals surface area (Å²) in [6, 6.07) is 7.67. The Morgan fingerprint density at radius 1 is 1.41 bits per heavy atom. The van der Waals surface area contributed by atoms with Crippen molar-refractivity contribution in [1.29, 1.82) is 0 Å². The number of aryl methyl sites for hydroxylation is 2. The third-order valence-electron chi connectivity index (χ3n) is 3.57. The number of benzene rings is 1. The molecule has 0 saturated carbocycles. The normalized spacial score (nSPS) is 12.0. The molecule has 5 nitrogen and oxygen atoms in total. The van der Waals surface area contributed by atoms with Crippen molar-refractivity contribution in [2.75, 3.05) is 6.61 Å². The van der Waals surface area contributed by atoms with E-state index in [1.165, 1.54) is 0 Å². The summed E-state index contributed by atoms with van der Waals surface area (Å²) in [5, 5.41) is 6.86. The van der Waals surface area contributed by atoms with Crippen molar-refractivity contribution in [3.63, 3.8) is 0 Å². The number of carbonyl (C=O) groups excluding carboxylic acids is 1. The zero-order valence-electron chi connectivity index (χ0n) is 13.5. The number of nitrogens with zero attached hydrogens (tertiary/aromatic N) is 1. The average Bonchev–Trinajstić information content (AvgIpc) is 2.80. The Hall–Kier alpha value is -2.30. The average molecular weight is 302 g/mol. The van der Waals surface area contributed by atoms with E-state index in [1.807, 2.05) is 52.0 Å². The highest BCUT2D eigenvalue weighted by atomic mass is 16.5. The summed E-state index contributed by atoms with van der Waals surface area (Å²) < 4.78 is 10.6. The number of hydrogen-bond acceptors (Lipinski definition) is 4. The van der Waals surface area contributed by atoms with E-state index < -0.39 is 0 Å². The maximum absolute atomic E-state index is 12.2. The quantitative estimate of drug-likeness (QED) is 0.890. The van der Waals surface area contributed by atoms with Gasteiger partial charge in [-0.2, -0.15) is 0 Å². The molecule has 2 aromatic rings. The lowest BCUT2D eigenvalue weighted by Crippen LogP contribution is -2.28. The summed E-state index contributed by atoms with van der Waals surface area (Å²) in [6.45, 7) is 8.18. The molecule has 5 heteroatoms. The molecule has 1 unspecified atom stereocenters. The maximum atomic E-state index is 12.2. The van der Waals surface area contributed by atoms with Crippen LogP contribution in [-0.2, 0) is 11.2 Å². The van der Waals surface area contributed by atoms with E-state index in [9.17, 15) is 4.79 Å². The van der Waals surface area contributed by atoms with Crippen LogP contribution in [0.1, 0.15) is 42.5 Å². The first-order valence-corrected chi connectivity index (χ1v) is 7.45. The lowest BCUT2D eigenvalue weighted by Gasteiger charge is -2.15. The monoisotopic (exact) mass is 302 g/mol. The largest absolute Gasteiger partial charge is 0.494 e. The summed E-state index contributed by atoms with van der Waals surface area (Å²) in [6.07, 6.45) is 0.274. The molecule has 1 N–H and O–H groups in total. The van der Waals surface area contributed by atoms with Gasteiger partial charge in [-0.3, -0.25) is 4.79 Å². The predicted molar refractivity (Wildman–Crippen MR) is 83.8 cm³/mol.